The molecule has 1 saturated heterocycles. The van der Waals surface area contributed by atoms with Crippen molar-refractivity contribution in [1.82, 2.24) is 4.31 Å². The van der Waals surface area contributed by atoms with Crippen LogP contribution in [0.15, 0.2) is 23.1 Å². The molecule has 0 amide bonds. The highest BCUT2D eigenvalue weighted by atomic mass is 32.2. The standard InChI is InChI=1S/C14H19NO4S/c1-11-3-2-6-15(10-11)20(16,17)12-4-5-13-14(9-12)19-8-7-18-13/h4-5,9,11H,2-3,6-8,10H2,1H3/t11-/m0/s1. The predicted molar refractivity (Wildman–Crippen MR) is 74.6 cm³/mol. The fourth-order valence-electron chi connectivity index (χ4n) is 2.70. The highest BCUT2D eigenvalue weighted by Gasteiger charge is 2.29. The van der Waals surface area contributed by atoms with E-state index in [1.165, 1.54) is 0 Å². The molecule has 0 aromatic heterocycles. The molecule has 0 unspecified atom stereocenters. The molecule has 110 valence electrons. The van der Waals surface area contributed by atoms with Gasteiger partial charge in [0.05, 0.1) is 4.90 Å². The van der Waals surface area contributed by atoms with E-state index in [0.717, 1.165) is 12.8 Å². The molecular weight excluding hydrogens is 278 g/mol. The Morgan fingerprint density at radius 3 is 2.70 bits per heavy atom. The molecule has 3 rings (SSSR count). The molecule has 2 aliphatic heterocycles. The minimum absolute atomic E-state index is 0.288. The molecule has 6 heteroatoms. The molecule has 1 aromatic rings. The first-order chi connectivity index (χ1) is 9.57. The Labute approximate surface area is 119 Å². The molecule has 1 atom stereocenters. The third-order valence-electron chi connectivity index (χ3n) is 3.77. The Hall–Kier alpha value is -1.27. The molecule has 2 heterocycles. The summed E-state index contributed by atoms with van der Waals surface area (Å²) in [6.07, 6.45) is 2.01. The first-order valence-electron chi connectivity index (χ1n) is 6.97. The minimum atomic E-state index is -3.43. The van der Waals surface area contributed by atoms with Crippen LogP contribution in [0.3, 0.4) is 0 Å². The zero-order valence-electron chi connectivity index (χ0n) is 11.5. The number of fused-ring (bicyclic) bond motifs is 1. The SMILES string of the molecule is C[C@H]1CCCN(S(=O)(=O)c2ccc3c(c2)OCCO3)C1. The van der Waals surface area contributed by atoms with Gasteiger partial charge >= 0.3 is 0 Å². The summed E-state index contributed by atoms with van der Waals surface area (Å²) >= 11 is 0. The molecule has 0 N–H and O–H groups in total. The quantitative estimate of drug-likeness (QED) is 0.836. The van der Waals surface area contributed by atoms with Crippen LogP contribution in [-0.4, -0.2) is 39.0 Å². The zero-order chi connectivity index (χ0) is 14.2. The minimum Gasteiger partial charge on any atom is -0.486 e. The van der Waals surface area contributed by atoms with Crippen molar-refractivity contribution in [3.05, 3.63) is 18.2 Å². The summed E-state index contributed by atoms with van der Waals surface area (Å²) in [5, 5.41) is 0. The first kappa shape index (κ1) is 13.7. The smallest absolute Gasteiger partial charge is 0.243 e. The molecule has 0 spiro atoms. The lowest BCUT2D eigenvalue weighted by molar-refractivity contribution is 0.171. The molecule has 0 bridgehead atoms. The number of piperidine rings is 1. The number of benzene rings is 1. The van der Waals surface area contributed by atoms with Crippen molar-refractivity contribution in [2.75, 3.05) is 26.3 Å². The van der Waals surface area contributed by atoms with E-state index in [0.29, 0.717) is 43.7 Å². The average molecular weight is 297 g/mol. The van der Waals surface area contributed by atoms with Crippen molar-refractivity contribution in [2.45, 2.75) is 24.7 Å². The van der Waals surface area contributed by atoms with Gasteiger partial charge in [-0.2, -0.15) is 4.31 Å². The van der Waals surface area contributed by atoms with Gasteiger partial charge in [0.25, 0.3) is 0 Å². The van der Waals surface area contributed by atoms with Crippen LogP contribution >= 0.6 is 0 Å². The Kier molecular flexibility index (Phi) is 3.60. The number of rotatable bonds is 2. The van der Waals surface area contributed by atoms with E-state index in [1.807, 2.05) is 0 Å². The van der Waals surface area contributed by atoms with Crippen LogP contribution in [0.4, 0.5) is 0 Å². The largest absolute Gasteiger partial charge is 0.486 e. The van der Waals surface area contributed by atoms with E-state index in [1.54, 1.807) is 22.5 Å². The topological polar surface area (TPSA) is 55.8 Å². The normalized spacial score (nSPS) is 23.6. The highest BCUT2D eigenvalue weighted by Crippen LogP contribution is 2.33. The molecule has 0 aliphatic carbocycles. The second-order valence-electron chi connectivity index (χ2n) is 5.42. The lowest BCUT2D eigenvalue weighted by Crippen LogP contribution is -2.39. The van der Waals surface area contributed by atoms with Crippen LogP contribution in [-0.2, 0) is 10.0 Å². The van der Waals surface area contributed by atoms with Crippen molar-refractivity contribution in [3.63, 3.8) is 0 Å². The van der Waals surface area contributed by atoms with Crippen LogP contribution in [0.25, 0.3) is 0 Å². The van der Waals surface area contributed by atoms with Gasteiger partial charge in [0.2, 0.25) is 10.0 Å². The predicted octanol–water partition coefficient (Wildman–Crippen LogP) is 1.88. The zero-order valence-corrected chi connectivity index (χ0v) is 12.4. The Balaban J connectivity index is 1.90. The fourth-order valence-corrected chi connectivity index (χ4v) is 4.31. The second kappa shape index (κ2) is 5.26. The molecule has 1 aromatic carbocycles. The van der Waals surface area contributed by atoms with Crippen LogP contribution in [0, 0.1) is 5.92 Å². The van der Waals surface area contributed by atoms with Crippen molar-refractivity contribution < 1.29 is 17.9 Å². The highest BCUT2D eigenvalue weighted by molar-refractivity contribution is 7.89. The first-order valence-corrected chi connectivity index (χ1v) is 8.41. The third-order valence-corrected chi connectivity index (χ3v) is 5.63. The van der Waals surface area contributed by atoms with Crippen LogP contribution in [0.1, 0.15) is 19.8 Å². The molecule has 0 radical (unpaired) electrons. The van der Waals surface area contributed by atoms with Gasteiger partial charge in [0, 0.05) is 19.2 Å². The summed E-state index contributed by atoms with van der Waals surface area (Å²) in [7, 11) is -3.43. The van der Waals surface area contributed by atoms with E-state index in [9.17, 15) is 8.42 Å². The maximum absolute atomic E-state index is 12.6. The molecule has 0 saturated carbocycles. The van der Waals surface area contributed by atoms with Gasteiger partial charge in [-0.05, 0) is 30.9 Å². The summed E-state index contributed by atoms with van der Waals surface area (Å²) < 4.78 is 37.8. The third kappa shape index (κ3) is 2.50. The summed E-state index contributed by atoms with van der Waals surface area (Å²) in [5.74, 6) is 1.54. The van der Waals surface area contributed by atoms with E-state index in [2.05, 4.69) is 6.92 Å². The van der Waals surface area contributed by atoms with Gasteiger partial charge in [-0.25, -0.2) is 8.42 Å². The van der Waals surface area contributed by atoms with Gasteiger partial charge in [-0.15, -0.1) is 0 Å². The second-order valence-corrected chi connectivity index (χ2v) is 7.35. The van der Waals surface area contributed by atoms with Crippen LogP contribution < -0.4 is 9.47 Å². The lowest BCUT2D eigenvalue weighted by Gasteiger charge is -2.30. The van der Waals surface area contributed by atoms with E-state index in [4.69, 9.17) is 9.47 Å². The molecule has 5 nitrogen and oxygen atoms in total. The van der Waals surface area contributed by atoms with Gasteiger partial charge in [-0.1, -0.05) is 6.92 Å². The van der Waals surface area contributed by atoms with E-state index >= 15 is 0 Å². The van der Waals surface area contributed by atoms with Crippen molar-refractivity contribution in [1.29, 1.82) is 0 Å². The number of hydrogen-bond donors (Lipinski definition) is 0. The van der Waals surface area contributed by atoms with Gasteiger partial charge in [-0.3, -0.25) is 0 Å². The molecule has 20 heavy (non-hydrogen) atoms. The van der Waals surface area contributed by atoms with Crippen LogP contribution in [0.2, 0.25) is 0 Å². The monoisotopic (exact) mass is 297 g/mol. The molecule has 2 aliphatic rings. The van der Waals surface area contributed by atoms with Crippen molar-refractivity contribution in [2.24, 2.45) is 5.92 Å². The number of nitrogens with zero attached hydrogens (tertiary/aromatic N) is 1. The maximum Gasteiger partial charge on any atom is 0.243 e. The van der Waals surface area contributed by atoms with Gasteiger partial charge < -0.3 is 9.47 Å². The summed E-state index contributed by atoms with van der Waals surface area (Å²) in [5.41, 5.74) is 0. The number of sulfonamides is 1. The Bertz CT molecular complexity index is 599. The Morgan fingerprint density at radius 2 is 1.95 bits per heavy atom. The van der Waals surface area contributed by atoms with Crippen LogP contribution in [0.5, 0.6) is 11.5 Å². The maximum atomic E-state index is 12.6. The van der Waals surface area contributed by atoms with Gasteiger partial charge in [0.1, 0.15) is 13.2 Å². The van der Waals surface area contributed by atoms with Gasteiger partial charge in [0.15, 0.2) is 11.5 Å². The lowest BCUT2D eigenvalue weighted by atomic mass is 10.0. The average Bonchev–Trinajstić information content (AvgIpc) is 2.46. The summed E-state index contributed by atoms with van der Waals surface area (Å²) in [6.45, 7) is 4.24. The number of ether oxygens (including phenoxy) is 2. The fraction of sp³-hybridized carbons (Fsp3) is 0.571. The Morgan fingerprint density at radius 1 is 1.20 bits per heavy atom. The van der Waals surface area contributed by atoms with Crippen molar-refractivity contribution >= 4 is 10.0 Å². The van der Waals surface area contributed by atoms with Crippen molar-refractivity contribution in [3.8, 4) is 11.5 Å². The summed E-state index contributed by atoms with van der Waals surface area (Å²) in [4.78, 5) is 0.288. The molecule has 1 fully saturated rings. The van der Waals surface area contributed by atoms with E-state index in [-0.39, 0.29) is 4.90 Å². The van der Waals surface area contributed by atoms with E-state index < -0.39 is 10.0 Å². The molecular formula is C14H19NO4S. The number of hydrogen-bond acceptors (Lipinski definition) is 4. The summed E-state index contributed by atoms with van der Waals surface area (Å²) in [6, 6.07) is 4.85.